The fourth-order valence-corrected chi connectivity index (χ4v) is 5.63. The van der Waals surface area contributed by atoms with Crippen LogP contribution in [0.25, 0.3) is 21.6 Å². The number of nitrogens with one attached hydrogen (secondary N) is 3. The van der Waals surface area contributed by atoms with Gasteiger partial charge in [-0.25, -0.2) is 19.6 Å². The minimum absolute atomic E-state index is 0.111. The lowest BCUT2D eigenvalue weighted by Gasteiger charge is -2.16. The van der Waals surface area contributed by atoms with E-state index >= 15 is 0 Å². The first-order valence-electron chi connectivity index (χ1n) is 17.5. The smallest absolute Gasteiger partial charge is 0.335 e. The number of hydrogen-bond donors (Lipinski definition) is 9. The van der Waals surface area contributed by atoms with Crippen molar-refractivity contribution < 1.29 is 49.7 Å². The number of likely N-dealkylation sites (N-methyl/N-ethyl adjacent to an activating group) is 1. The first kappa shape index (κ1) is 46.6. The Morgan fingerprint density at radius 2 is 1.71 bits per heavy atom. The SMILES string of the molecule is CC(=O)Nc1ccc(C(=O)O)cc1.CC(O)CN(C)C.Cc1cn(C2CC(N=[N+]=[N-])C(CO)O2)c(=O)[nH]c1=O.O=c1[nH]cnc2c1ncn2C1OC(CO)C(O)C1O. The van der Waals surface area contributed by atoms with Crippen molar-refractivity contribution in [2.45, 2.75) is 76.2 Å². The molecule has 2 saturated heterocycles. The van der Waals surface area contributed by atoms with Gasteiger partial charge in [-0.2, -0.15) is 0 Å². The van der Waals surface area contributed by atoms with Gasteiger partial charge in [0.15, 0.2) is 17.4 Å². The maximum absolute atomic E-state index is 11.7. The number of aromatic carboxylic acids is 1. The number of amides is 1. The zero-order valence-corrected chi connectivity index (χ0v) is 32.1. The minimum atomic E-state index is -1.24. The second-order valence-corrected chi connectivity index (χ2v) is 13.3. The molecule has 3 aromatic heterocycles. The molecule has 5 heterocycles. The molecule has 4 aromatic rings. The number of rotatable bonds is 9. The molecular weight excluding hydrogens is 770 g/mol. The summed E-state index contributed by atoms with van der Waals surface area (Å²) in [6.07, 6.45) is -1.65. The van der Waals surface area contributed by atoms with Gasteiger partial charge in [0.05, 0.1) is 49.7 Å². The number of H-pyrrole nitrogens is 2. The van der Waals surface area contributed by atoms with Crippen LogP contribution in [0.1, 0.15) is 48.6 Å². The van der Waals surface area contributed by atoms with E-state index in [2.05, 4.69) is 35.3 Å². The van der Waals surface area contributed by atoms with E-state index in [4.69, 9.17) is 35.4 Å². The number of aromatic nitrogens is 6. The van der Waals surface area contributed by atoms with Crippen molar-refractivity contribution in [3.05, 3.63) is 95.9 Å². The van der Waals surface area contributed by atoms with Crippen molar-refractivity contribution in [2.24, 2.45) is 5.11 Å². The molecule has 2 fully saturated rings. The van der Waals surface area contributed by atoms with Crippen molar-refractivity contribution in [3.8, 4) is 0 Å². The van der Waals surface area contributed by atoms with E-state index < -0.39 is 72.3 Å². The number of carbonyl (C=O) groups excluding carboxylic acids is 1. The number of aliphatic hydroxyl groups is 5. The zero-order chi connectivity index (χ0) is 43.3. The summed E-state index contributed by atoms with van der Waals surface area (Å²) in [7, 11) is 3.87. The molecule has 1 aromatic carbocycles. The van der Waals surface area contributed by atoms with Crippen LogP contribution in [-0.4, -0.2) is 147 Å². The molecule has 24 nitrogen and oxygen atoms in total. The molecule has 0 radical (unpaired) electrons. The van der Waals surface area contributed by atoms with Crippen LogP contribution in [0.2, 0.25) is 0 Å². The van der Waals surface area contributed by atoms with Crippen molar-refractivity contribution in [3.63, 3.8) is 0 Å². The van der Waals surface area contributed by atoms with Crippen LogP contribution in [0.15, 0.2) is 62.6 Å². The number of hydrogen-bond acceptors (Lipinski definition) is 16. The van der Waals surface area contributed by atoms with E-state index in [1.54, 1.807) is 26.0 Å². The number of benzene rings is 1. The van der Waals surface area contributed by atoms with Crippen molar-refractivity contribution in [1.29, 1.82) is 0 Å². The number of carboxylic acid groups (broad SMARTS) is 1. The van der Waals surface area contributed by atoms with Gasteiger partial charge in [-0.3, -0.25) is 28.5 Å². The highest BCUT2D eigenvalue weighted by Crippen LogP contribution is 2.31. The predicted octanol–water partition coefficient (Wildman–Crippen LogP) is -1.19. The lowest BCUT2D eigenvalue weighted by molar-refractivity contribution is -0.114. The summed E-state index contributed by atoms with van der Waals surface area (Å²) in [6, 6.07) is 5.43. The van der Waals surface area contributed by atoms with Gasteiger partial charge in [0.25, 0.3) is 11.1 Å². The predicted molar refractivity (Wildman–Crippen MR) is 204 cm³/mol. The summed E-state index contributed by atoms with van der Waals surface area (Å²) in [5, 5.41) is 61.1. The monoisotopic (exact) mass is 817 g/mol. The van der Waals surface area contributed by atoms with Gasteiger partial charge in [0, 0.05) is 42.2 Å². The van der Waals surface area contributed by atoms with E-state index in [9.17, 15) is 34.2 Å². The Morgan fingerprint density at radius 3 is 2.22 bits per heavy atom. The number of anilines is 1. The number of aryl methyl sites for hydroxylation is 1. The molecule has 0 saturated carbocycles. The van der Waals surface area contributed by atoms with Crippen molar-refractivity contribution in [1.82, 2.24) is 34.0 Å². The van der Waals surface area contributed by atoms with Gasteiger partial charge >= 0.3 is 11.7 Å². The van der Waals surface area contributed by atoms with Crippen LogP contribution < -0.4 is 22.1 Å². The number of ether oxygens (including phenoxy) is 2. The number of aliphatic hydroxyl groups excluding tert-OH is 5. The number of nitrogens with zero attached hydrogens (tertiary/aromatic N) is 8. The normalized spacial score (nSPS) is 22.6. The highest BCUT2D eigenvalue weighted by atomic mass is 16.6. The molecule has 316 valence electrons. The van der Waals surface area contributed by atoms with Crippen LogP contribution in [0.4, 0.5) is 5.69 Å². The maximum Gasteiger partial charge on any atom is 0.335 e. The molecule has 2 aliphatic heterocycles. The summed E-state index contributed by atoms with van der Waals surface area (Å²) < 4.78 is 13.4. The molecule has 0 spiro atoms. The van der Waals surface area contributed by atoms with E-state index in [-0.39, 0.29) is 41.8 Å². The minimum Gasteiger partial charge on any atom is -0.478 e. The highest BCUT2D eigenvalue weighted by molar-refractivity contribution is 5.91. The largest absolute Gasteiger partial charge is 0.478 e. The average molecular weight is 818 g/mol. The van der Waals surface area contributed by atoms with Gasteiger partial charge < -0.3 is 55.3 Å². The fraction of sp³-hybridized carbons (Fsp3) is 0.500. The Balaban J connectivity index is 0.000000219. The van der Waals surface area contributed by atoms with Gasteiger partial charge in [0.1, 0.15) is 24.5 Å². The third kappa shape index (κ3) is 12.6. The lowest BCUT2D eigenvalue weighted by Crippen LogP contribution is -2.33. The number of imidazole rings is 1. The van der Waals surface area contributed by atoms with Crippen molar-refractivity contribution >= 4 is 28.7 Å². The number of carbonyl (C=O) groups is 2. The zero-order valence-electron chi connectivity index (χ0n) is 32.1. The fourth-order valence-electron chi connectivity index (χ4n) is 5.63. The van der Waals surface area contributed by atoms with Crippen LogP contribution in [0.3, 0.4) is 0 Å². The standard InChI is InChI=1S/C10H13N5O4.C10H12N4O5.C9H9NO3.C5H13NO/c1-5-3-15(10(18)12-9(5)17)8-2-6(13-14-11)7(4-16)19-8;15-1-4-6(16)7(17)10(19-4)14-3-13-5-8(14)11-2-12-9(5)18;1-6(11)10-8-4-2-7(3-5-8)9(12)13;1-5(7)4-6(2)3/h3,6-8,16H,2,4H2,1H3,(H,12,17,18);2-4,6-7,10,15-17H,1H2,(H,11,12,18);2-5H,1H3,(H,10,11)(H,12,13);5,7H,4H2,1-3H3. The molecule has 0 aliphatic carbocycles. The highest BCUT2D eigenvalue weighted by Gasteiger charge is 2.44. The molecule has 1 amide bonds. The summed E-state index contributed by atoms with van der Waals surface area (Å²) in [4.78, 5) is 72.6. The Labute approximate surface area is 328 Å². The lowest BCUT2D eigenvalue weighted by atomic mass is 10.1. The number of carboxylic acids is 1. The number of aromatic amines is 2. The summed E-state index contributed by atoms with van der Waals surface area (Å²) in [5.41, 5.74) is 8.49. The van der Waals surface area contributed by atoms with E-state index in [0.29, 0.717) is 11.3 Å². The number of fused-ring (bicyclic) bond motifs is 1. The second kappa shape index (κ2) is 21.6. The van der Waals surface area contributed by atoms with Gasteiger partial charge in [-0.05, 0) is 57.7 Å². The van der Waals surface area contributed by atoms with E-state index in [0.717, 1.165) is 6.54 Å². The van der Waals surface area contributed by atoms with Gasteiger partial charge in [-0.1, -0.05) is 5.11 Å². The first-order valence-corrected chi connectivity index (χ1v) is 17.5. The topological polar surface area (TPSA) is 356 Å². The Morgan fingerprint density at radius 1 is 1.05 bits per heavy atom. The van der Waals surface area contributed by atoms with E-state index in [1.165, 1.54) is 47.0 Å². The third-order valence-corrected chi connectivity index (χ3v) is 8.28. The Bertz CT molecular complexity index is 2190. The first-order chi connectivity index (χ1) is 27.4. The number of azide groups is 1. The molecule has 24 heteroatoms. The average Bonchev–Trinajstić information content (AvgIpc) is 3.86. The Hall–Kier alpha value is -5.82. The summed E-state index contributed by atoms with van der Waals surface area (Å²) in [6.45, 7) is 4.76. The molecule has 0 bridgehead atoms. The van der Waals surface area contributed by atoms with Crippen LogP contribution >= 0.6 is 0 Å². The van der Waals surface area contributed by atoms with Crippen LogP contribution in [0.5, 0.6) is 0 Å². The maximum atomic E-state index is 11.7. The molecule has 8 atom stereocenters. The molecule has 9 N–H and O–H groups in total. The van der Waals surface area contributed by atoms with Crippen LogP contribution in [-0.2, 0) is 14.3 Å². The second-order valence-electron chi connectivity index (χ2n) is 13.3. The van der Waals surface area contributed by atoms with E-state index in [1.807, 2.05) is 19.0 Å². The molecule has 58 heavy (non-hydrogen) atoms. The van der Waals surface area contributed by atoms with Crippen molar-refractivity contribution in [2.75, 3.05) is 39.2 Å². The molecule has 8 unspecified atom stereocenters. The summed E-state index contributed by atoms with van der Waals surface area (Å²) in [5.74, 6) is -1.16. The molecular formula is C34H47N11O13. The van der Waals surface area contributed by atoms with Gasteiger partial charge in [0.2, 0.25) is 5.91 Å². The van der Waals surface area contributed by atoms with Crippen LogP contribution in [0, 0.1) is 6.92 Å². The van der Waals surface area contributed by atoms with Gasteiger partial charge in [-0.15, -0.1) is 0 Å². The molecule has 2 aliphatic rings. The third-order valence-electron chi connectivity index (χ3n) is 8.28. The Kier molecular flexibility index (Phi) is 17.4. The molecule has 6 rings (SSSR count). The summed E-state index contributed by atoms with van der Waals surface area (Å²) >= 11 is 0. The quantitative estimate of drug-likeness (QED) is 0.0544.